The molecule has 19 heavy (non-hydrogen) atoms. The average Bonchev–Trinajstić information content (AvgIpc) is 2.24. The largest absolute Gasteiger partial charge is 0.368 e. The minimum absolute atomic E-state index is 0.325. The summed E-state index contributed by atoms with van der Waals surface area (Å²) in [4.78, 5) is 8.30. The lowest BCUT2D eigenvalue weighted by atomic mass is 10.1. The van der Waals surface area contributed by atoms with Crippen LogP contribution >= 0.6 is 0 Å². The van der Waals surface area contributed by atoms with Gasteiger partial charge in [-0.25, -0.2) is 23.1 Å². The summed E-state index contributed by atoms with van der Waals surface area (Å²) in [7, 11) is -3.23. The van der Waals surface area contributed by atoms with Gasteiger partial charge in [0, 0.05) is 23.8 Å². The van der Waals surface area contributed by atoms with Crippen LogP contribution in [-0.4, -0.2) is 36.7 Å². The van der Waals surface area contributed by atoms with Crippen LogP contribution < -0.4 is 10.0 Å². The molecule has 0 amide bonds. The maximum Gasteiger partial charge on any atom is 0.209 e. The Bertz CT molecular complexity index is 526. The Labute approximate surface area is 115 Å². The Balaban J connectivity index is 2.68. The zero-order chi connectivity index (χ0) is 14.7. The highest BCUT2D eigenvalue weighted by molar-refractivity contribution is 7.88. The van der Waals surface area contributed by atoms with Crippen LogP contribution in [0.1, 0.15) is 39.3 Å². The summed E-state index contributed by atoms with van der Waals surface area (Å²) in [6, 6.07) is 1.88. The zero-order valence-electron chi connectivity index (χ0n) is 12.1. The third-order valence-electron chi connectivity index (χ3n) is 2.45. The molecule has 1 aromatic heterocycles. The van der Waals surface area contributed by atoms with Gasteiger partial charge in [0.15, 0.2) is 0 Å². The summed E-state index contributed by atoms with van der Waals surface area (Å²) in [5.74, 6) is 1.02. The topological polar surface area (TPSA) is 84.0 Å². The molecule has 0 fully saturated rings. The first-order valence-corrected chi connectivity index (χ1v) is 8.03. The minimum Gasteiger partial charge on any atom is -0.368 e. The lowest BCUT2D eigenvalue weighted by molar-refractivity contribution is 0.476. The number of aromatic nitrogens is 2. The first kappa shape index (κ1) is 15.8. The Morgan fingerprint density at radius 2 is 1.95 bits per heavy atom. The van der Waals surface area contributed by atoms with Crippen molar-refractivity contribution in [2.24, 2.45) is 0 Å². The molecule has 0 bridgehead atoms. The van der Waals surface area contributed by atoms with Crippen LogP contribution in [0.5, 0.6) is 0 Å². The van der Waals surface area contributed by atoms with E-state index in [1.165, 1.54) is 6.33 Å². The number of sulfonamides is 1. The van der Waals surface area contributed by atoms with E-state index in [0.29, 0.717) is 18.3 Å². The molecule has 6 nitrogen and oxygen atoms in total. The number of rotatable bonds is 6. The molecular formula is C12H22N4O2S. The quantitative estimate of drug-likeness (QED) is 0.824. The van der Waals surface area contributed by atoms with E-state index in [2.05, 4.69) is 33.9 Å². The normalized spacial score (nSPS) is 12.7. The monoisotopic (exact) mass is 286 g/mol. The van der Waals surface area contributed by atoms with E-state index in [0.717, 1.165) is 11.9 Å². The van der Waals surface area contributed by atoms with Gasteiger partial charge in [0.2, 0.25) is 10.0 Å². The van der Waals surface area contributed by atoms with Crippen LogP contribution in [0.3, 0.4) is 0 Å². The van der Waals surface area contributed by atoms with Gasteiger partial charge >= 0.3 is 0 Å². The molecule has 0 atom stereocenters. The molecule has 0 radical (unpaired) electrons. The lowest BCUT2D eigenvalue weighted by Crippen LogP contribution is -2.47. The fourth-order valence-electron chi connectivity index (χ4n) is 1.63. The predicted octanol–water partition coefficient (Wildman–Crippen LogP) is 1.34. The fourth-order valence-corrected chi connectivity index (χ4v) is 2.71. The molecule has 1 aromatic rings. The highest BCUT2D eigenvalue weighted by Gasteiger charge is 2.22. The molecule has 0 saturated heterocycles. The Kier molecular flexibility index (Phi) is 4.86. The second-order valence-electron chi connectivity index (χ2n) is 5.59. The summed E-state index contributed by atoms with van der Waals surface area (Å²) in [5.41, 5.74) is 0.364. The molecule has 0 aromatic carbocycles. The standard InChI is InChI=1S/C12H22N4O2S/c1-9(2)10-6-11(15-8-14-10)13-7-12(3,4)16-19(5,17)18/h6,8-9,16H,7H2,1-5H3,(H,13,14,15). The first-order valence-electron chi connectivity index (χ1n) is 6.14. The molecule has 0 saturated carbocycles. The summed E-state index contributed by atoms with van der Waals surface area (Å²) in [6.07, 6.45) is 2.66. The molecule has 1 rings (SSSR count). The van der Waals surface area contributed by atoms with Gasteiger partial charge in [-0.2, -0.15) is 0 Å². The lowest BCUT2D eigenvalue weighted by Gasteiger charge is -2.25. The van der Waals surface area contributed by atoms with Crippen molar-refractivity contribution in [3.63, 3.8) is 0 Å². The molecule has 0 aliphatic heterocycles. The third kappa shape index (κ3) is 5.98. The Morgan fingerprint density at radius 3 is 2.47 bits per heavy atom. The van der Waals surface area contributed by atoms with E-state index in [9.17, 15) is 8.42 Å². The zero-order valence-corrected chi connectivity index (χ0v) is 12.9. The van der Waals surface area contributed by atoms with E-state index >= 15 is 0 Å². The highest BCUT2D eigenvalue weighted by atomic mass is 32.2. The van der Waals surface area contributed by atoms with Crippen LogP contribution in [0.15, 0.2) is 12.4 Å². The van der Waals surface area contributed by atoms with Gasteiger partial charge < -0.3 is 5.32 Å². The summed E-state index contributed by atoms with van der Waals surface area (Å²) in [5, 5.41) is 3.12. The third-order valence-corrected chi connectivity index (χ3v) is 3.38. The number of hydrogen-bond donors (Lipinski definition) is 2. The van der Waals surface area contributed by atoms with Gasteiger partial charge in [-0.1, -0.05) is 13.8 Å². The second-order valence-corrected chi connectivity index (χ2v) is 7.34. The SMILES string of the molecule is CC(C)c1cc(NCC(C)(C)NS(C)(=O)=O)ncn1. The Hall–Kier alpha value is -1.21. The van der Waals surface area contributed by atoms with Crippen molar-refractivity contribution in [3.8, 4) is 0 Å². The fraction of sp³-hybridized carbons (Fsp3) is 0.667. The molecule has 0 aliphatic rings. The molecule has 0 unspecified atom stereocenters. The smallest absolute Gasteiger partial charge is 0.209 e. The van der Waals surface area contributed by atoms with Gasteiger partial charge in [-0.05, 0) is 19.8 Å². The first-order chi connectivity index (χ1) is 8.59. The molecule has 0 aliphatic carbocycles. The predicted molar refractivity (Wildman–Crippen MR) is 76.7 cm³/mol. The molecular weight excluding hydrogens is 264 g/mol. The summed E-state index contributed by atoms with van der Waals surface area (Å²) >= 11 is 0. The molecule has 1 heterocycles. The molecule has 0 spiro atoms. The number of nitrogens with zero attached hydrogens (tertiary/aromatic N) is 2. The number of nitrogens with one attached hydrogen (secondary N) is 2. The van der Waals surface area contributed by atoms with Crippen molar-refractivity contribution in [1.82, 2.24) is 14.7 Å². The van der Waals surface area contributed by atoms with Crippen molar-refractivity contribution in [3.05, 3.63) is 18.1 Å². The van der Waals surface area contributed by atoms with Crippen LogP contribution in [0, 0.1) is 0 Å². The van der Waals surface area contributed by atoms with E-state index < -0.39 is 15.6 Å². The minimum atomic E-state index is -3.23. The molecule has 7 heteroatoms. The van der Waals surface area contributed by atoms with Crippen molar-refractivity contribution >= 4 is 15.8 Å². The van der Waals surface area contributed by atoms with Gasteiger partial charge in [-0.3, -0.25) is 0 Å². The number of hydrogen-bond acceptors (Lipinski definition) is 5. The molecule has 2 N–H and O–H groups in total. The highest BCUT2D eigenvalue weighted by Crippen LogP contribution is 2.14. The van der Waals surface area contributed by atoms with Gasteiger partial charge in [0.1, 0.15) is 12.1 Å². The van der Waals surface area contributed by atoms with Crippen LogP contribution in [0.2, 0.25) is 0 Å². The maximum atomic E-state index is 11.2. The van der Waals surface area contributed by atoms with Crippen LogP contribution in [0.25, 0.3) is 0 Å². The van der Waals surface area contributed by atoms with Crippen LogP contribution in [-0.2, 0) is 10.0 Å². The van der Waals surface area contributed by atoms with Crippen molar-refractivity contribution < 1.29 is 8.42 Å². The van der Waals surface area contributed by atoms with Crippen LogP contribution in [0.4, 0.5) is 5.82 Å². The molecule has 108 valence electrons. The Morgan fingerprint density at radius 1 is 1.32 bits per heavy atom. The van der Waals surface area contributed by atoms with Crippen molar-refractivity contribution in [1.29, 1.82) is 0 Å². The van der Waals surface area contributed by atoms with Gasteiger partial charge in [0.25, 0.3) is 0 Å². The van der Waals surface area contributed by atoms with E-state index in [4.69, 9.17) is 0 Å². The average molecular weight is 286 g/mol. The summed E-state index contributed by atoms with van der Waals surface area (Å²) < 4.78 is 25.0. The second kappa shape index (κ2) is 5.83. The van der Waals surface area contributed by atoms with E-state index in [1.807, 2.05) is 19.9 Å². The van der Waals surface area contributed by atoms with Gasteiger partial charge in [0.05, 0.1) is 6.26 Å². The van der Waals surface area contributed by atoms with Crippen molar-refractivity contribution in [2.75, 3.05) is 18.1 Å². The summed E-state index contributed by atoms with van der Waals surface area (Å²) in [6.45, 7) is 8.17. The van der Waals surface area contributed by atoms with E-state index in [1.54, 1.807) is 0 Å². The maximum absolute atomic E-state index is 11.2. The van der Waals surface area contributed by atoms with E-state index in [-0.39, 0.29) is 0 Å². The van der Waals surface area contributed by atoms with Crippen molar-refractivity contribution in [2.45, 2.75) is 39.2 Å². The van der Waals surface area contributed by atoms with Gasteiger partial charge in [-0.15, -0.1) is 0 Å². The number of anilines is 1.